The van der Waals surface area contributed by atoms with Crippen molar-refractivity contribution in [2.24, 2.45) is 0 Å². The third-order valence-electron chi connectivity index (χ3n) is 10.8. The molecule has 0 bridgehead atoms. The molecule has 59 heavy (non-hydrogen) atoms. The minimum atomic E-state index is 0.619. The zero-order valence-corrected chi connectivity index (χ0v) is 32.5. The van der Waals surface area contributed by atoms with Gasteiger partial charge in [-0.15, -0.1) is 11.3 Å². The zero-order valence-electron chi connectivity index (χ0n) is 31.7. The molecule has 0 amide bonds. The molecule has 276 valence electrons. The smallest absolute Gasteiger partial charge is 0.164 e. The Morgan fingerprint density at radius 2 is 0.712 bits per heavy atom. The Kier molecular flexibility index (Phi) is 8.60. The number of hydrogen-bond donors (Lipinski definition) is 0. The van der Waals surface area contributed by atoms with Crippen molar-refractivity contribution < 1.29 is 0 Å². The summed E-state index contributed by atoms with van der Waals surface area (Å²) in [4.78, 5) is 25.8. The van der Waals surface area contributed by atoms with E-state index in [1.54, 1.807) is 0 Å². The van der Waals surface area contributed by atoms with Crippen molar-refractivity contribution in [3.8, 4) is 79.2 Å². The summed E-state index contributed by atoms with van der Waals surface area (Å²) in [5.41, 5.74) is 9.71. The normalized spacial score (nSPS) is 11.4. The van der Waals surface area contributed by atoms with Crippen molar-refractivity contribution in [1.29, 1.82) is 0 Å². The standard InChI is InChI=1S/C53H33N5S/c1-5-17-34(18-6-1)46-33-47(55-50(54-46)35-19-7-2-8-20-35)41-30-29-40(38-25-13-14-26-39(38)41)43-32-49-44(42-27-15-16-28-48(42)59-49)31-45(43)53-57-51(36-21-9-3-10-22-36)56-52(58-53)37-23-11-4-12-24-37/h1-33H. The maximum atomic E-state index is 5.24. The number of rotatable bonds is 7. The van der Waals surface area contributed by atoms with Gasteiger partial charge in [-0.1, -0.05) is 176 Å². The van der Waals surface area contributed by atoms with Crippen molar-refractivity contribution in [3.63, 3.8) is 0 Å². The maximum Gasteiger partial charge on any atom is 0.164 e. The molecule has 0 spiro atoms. The van der Waals surface area contributed by atoms with Crippen LogP contribution < -0.4 is 0 Å². The molecule has 3 heterocycles. The molecule has 0 aliphatic carbocycles. The Morgan fingerprint density at radius 3 is 1.32 bits per heavy atom. The van der Waals surface area contributed by atoms with Crippen LogP contribution in [0.2, 0.25) is 0 Å². The van der Waals surface area contributed by atoms with E-state index in [1.165, 1.54) is 20.2 Å². The van der Waals surface area contributed by atoms with Gasteiger partial charge in [-0.05, 0) is 46.2 Å². The Hall–Kier alpha value is -7.67. The number of aromatic nitrogens is 5. The van der Waals surface area contributed by atoms with Crippen LogP contribution in [0.1, 0.15) is 0 Å². The lowest BCUT2D eigenvalue weighted by molar-refractivity contribution is 1.07. The minimum Gasteiger partial charge on any atom is -0.228 e. The van der Waals surface area contributed by atoms with Crippen molar-refractivity contribution in [1.82, 2.24) is 24.9 Å². The second-order valence-electron chi connectivity index (χ2n) is 14.4. The molecule has 0 saturated carbocycles. The van der Waals surface area contributed by atoms with Gasteiger partial charge in [-0.2, -0.15) is 0 Å². The van der Waals surface area contributed by atoms with Crippen LogP contribution in [-0.2, 0) is 0 Å². The third-order valence-corrected chi connectivity index (χ3v) is 11.9. The van der Waals surface area contributed by atoms with E-state index < -0.39 is 0 Å². The third kappa shape index (κ3) is 6.42. The van der Waals surface area contributed by atoms with Crippen LogP contribution in [0.4, 0.5) is 0 Å². The van der Waals surface area contributed by atoms with Gasteiger partial charge in [-0.3, -0.25) is 0 Å². The van der Waals surface area contributed by atoms with Gasteiger partial charge in [0, 0.05) is 53.6 Å². The first-order valence-electron chi connectivity index (χ1n) is 19.6. The monoisotopic (exact) mass is 771 g/mol. The fraction of sp³-hybridized carbons (Fsp3) is 0. The van der Waals surface area contributed by atoms with E-state index in [1.807, 2.05) is 84.1 Å². The van der Waals surface area contributed by atoms with Gasteiger partial charge in [-0.25, -0.2) is 24.9 Å². The molecular formula is C53H33N5S. The van der Waals surface area contributed by atoms with E-state index in [0.717, 1.165) is 66.7 Å². The Bertz CT molecular complexity index is 3200. The van der Waals surface area contributed by atoms with Gasteiger partial charge in [0.05, 0.1) is 11.4 Å². The topological polar surface area (TPSA) is 64.5 Å². The minimum absolute atomic E-state index is 0.619. The fourth-order valence-electron chi connectivity index (χ4n) is 7.92. The van der Waals surface area contributed by atoms with Gasteiger partial charge in [0.2, 0.25) is 0 Å². The van der Waals surface area contributed by atoms with Crippen LogP contribution in [0.25, 0.3) is 110 Å². The van der Waals surface area contributed by atoms with Gasteiger partial charge in [0.15, 0.2) is 23.3 Å². The molecule has 8 aromatic carbocycles. The van der Waals surface area contributed by atoms with E-state index in [9.17, 15) is 0 Å². The van der Waals surface area contributed by atoms with Crippen LogP contribution in [0.3, 0.4) is 0 Å². The summed E-state index contributed by atoms with van der Waals surface area (Å²) in [7, 11) is 0. The zero-order chi connectivity index (χ0) is 39.1. The predicted octanol–water partition coefficient (Wildman–Crippen LogP) is 13.9. The first-order chi connectivity index (χ1) is 29.2. The van der Waals surface area contributed by atoms with Crippen molar-refractivity contribution >= 4 is 42.3 Å². The highest BCUT2D eigenvalue weighted by atomic mass is 32.1. The molecule has 0 atom stereocenters. The van der Waals surface area contributed by atoms with Gasteiger partial charge in [0.1, 0.15) is 0 Å². The Balaban J connectivity index is 1.17. The molecule has 5 nitrogen and oxygen atoms in total. The summed E-state index contributed by atoms with van der Waals surface area (Å²) >= 11 is 1.81. The fourth-order valence-corrected chi connectivity index (χ4v) is 9.05. The molecule has 0 saturated heterocycles. The lowest BCUT2D eigenvalue weighted by atomic mass is 9.90. The number of hydrogen-bond acceptors (Lipinski definition) is 6. The van der Waals surface area contributed by atoms with Gasteiger partial charge in [0.25, 0.3) is 0 Å². The number of thiophene rings is 1. The molecule has 11 rings (SSSR count). The molecule has 11 aromatic rings. The van der Waals surface area contributed by atoms with Crippen LogP contribution in [-0.4, -0.2) is 24.9 Å². The van der Waals surface area contributed by atoms with E-state index >= 15 is 0 Å². The van der Waals surface area contributed by atoms with E-state index in [4.69, 9.17) is 24.9 Å². The molecule has 0 N–H and O–H groups in total. The highest BCUT2D eigenvalue weighted by Gasteiger charge is 2.21. The SMILES string of the molecule is c1ccc(-c2cc(-c3ccc(-c4cc5sc6ccccc6c5cc4-c4nc(-c5ccccc5)nc(-c5ccccc5)n4)c4ccccc34)nc(-c3ccccc3)n2)cc1. The van der Waals surface area contributed by atoms with E-state index in [2.05, 4.69) is 127 Å². The summed E-state index contributed by atoms with van der Waals surface area (Å²) < 4.78 is 2.44. The largest absolute Gasteiger partial charge is 0.228 e. The van der Waals surface area contributed by atoms with Crippen LogP contribution in [0, 0.1) is 0 Å². The first kappa shape index (κ1) is 34.6. The van der Waals surface area contributed by atoms with Crippen molar-refractivity contribution in [2.45, 2.75) is 0 Å². The summed E-state index contributed by atoms with van der Waals surface area (Å²) in [6.07, 6.45) is 0. The quantitative estimate of drug-likeness (QED) is 0.161. The summed E-state index contributed by atoms with van der Waals surface area (Å²) in [5.74, 6) is 2.56. The highest BCUT2D eigenvalue weighted by molar-refractivity contribution is 7.25. The molecule has 0 radical (unpaired) electrons. The molecular weight excluding hydrogens is 739 g/mol. The average Bonchev–Trinajstić information content (AvgIpc) is 3.69. The van der Waals surface area contributed by atoms with Crippen LogP contribution >= 0.6 is 11.3 Å². The van der Waals surface area contributed by atoms with Crippen LogP contribution in [0.15, 0.2) is 200 Å². The number of fused-ring (bicyclic) bond motifs is 4. The van der Waals surface area contributed by atoms with E-state index in [0.29, 0.717) is 23.3 Å². The van der Waals surface area contributed by atoms with Crippen molar-refractivity contribution in [2.75, 3.05) is 0 Å². The first-order valence-corrected chi connectivity index (χ1v) is 20.4. The Labute approximate surface area is 345 Å². The number of nitrogens with zero attached hydrogens (tertiary/aromatic N) is 5. The second kappa shape index (κ2) is 14.7. The molecule has 0 aliphatic heterocycles. The molecule has 0 unspecified atom stereocenters. The lowest BCUT2D eigenvalue weighted by Gasteiger charge is -2.16. The van der Waals surface area contributed by atoms with Crippen LogP contribution in [0.5, 0.6) is 0 Å². The predicted molar refractivity (Wildman–Crippen MR) is 244 cm³/mol. The molecule has 6 heteroatoms. The maximum absolute atomic E-state index is 5.24. The van der Waals surface area contributed by atoms with Gasteiger partial charge < -0.3 is 0 Å². The molecule has 0 fully saturated rings. The molecule has 3 aromatic heterocycles. The summed E-state index contributed by atoms with van der Waals surface area (Å²) in [5, 5.41) is 4.59. The summed E-state index contributed by atoms with van der Waals surface area (Å²) in [6.45, 7) is 0. The van der Waals surface area contributed by atoms with Gasteiger partial charge >= 0.3 is 0 Å². The number of benzene rings is 8. The van der Waals surface area contributed by atoms with Crippen molar-refractivity contribution in [3.05, 3.63) is 200 Å². The Morgan fingerprint density at radius 1 is 0.254 bits per heavy atom. The highest BCUT2D eigenvalue weighted by Crippen LogP contribution is 2.45. The molecule has 0 aliphatic rings. The lowest BCUT2D eigenvalue weighted by Crippen LogP contribution is -2.01. The second-order valence-corrected chi connectivity index (χ2v) is 15.5. The summed E-state index contributed by atoms with van der Waals surface area (Å²) in [6, 6.07) is 69.3. The average molecular weight is 772 g/mol. The van der Waals surface area contributed by atoms with E-state index in [-0.39, 0.29) is 0 Å².